The normalized spacial score (nSPS) is 20.1. The summed E-state index contributed by atoms with van der Waals surface area (Å²) in [5.41, 5.74) is 2.97. The van der Waals surface area contributed by atoms with E-state index in [0.29, 0.717) is 87.6 Å². The van der Waals surface area contributed by atoms with Gasteiger partial charge in [-0.3, -0.25) is 48.2 Å². The first-order valence-corrected chi connectivity index (χ1v) is 37.7. The molecule has 0 aromatic heterocycles. The fraction of sp³-hybridized carbons (Fsp3) is 0.409. The summed E-state index contributed by atoms with van der Waals surface area (Å²) < 4.78 is 50.8. The molecular weight excluding hydrogens is 1370 g/mol. The lowest BCUT2D eigenvalue weighted by Gasteiger charge is -2.33. The molecule has 4 fully saturated rings. The minimum atomic E-state index is -0.806. The van der Waals surface area contributed by atoms with E-state index in [9.17, 15) is 19.2 Å². The molecule has 20 nitrogen and oxygen atoms in total. The Morgan fingerprint density at radius 1 is 0.380 bits per heavy atom. The molecule has 4 heterocycles. The van der Waals surface area contributed by atoms with E-state index in [-0.39, 0.29) is 147 Å². The van der Waals surface area contributed by atoms with Crippen LogP contribution in [-0.2, 0) is 59.8 Å². The quantitative estimate of drug-likeness (QED) is 0.0237. The smallest absolute Gasteiger partial charge is 0.309 e. The summed E-state index contributed by atoms with van der Waals surface area (Å²) in [5, 5.41) is 8.18. The highest BCUT2D eigenvalue weighted by atomic mass is 16.6. The highest BCUT2D eigenvalue weighted by molar-refractivity contribution is 6.45. The first-order valence-electron chi connectivity index (χ1n) is 37.7. The van der Waals surface area contributed by atoms with Crippen molar-refractivity contribution in [3.8, 4) is 46.0 Å². The van der Waals surface area contributed by atoms with Gasteiger partial charge < -0.3 is 48.5 Å². The van der Waals surface area contributed by atoms with E-state index in [1.54, 1.807) is 24.3 Å². The molecule has 4 aliphatic heterocycles. The topological polar surface area (TPSA) is 248 Å². The lowest BCUT2D eigenvalue weighted by atomic mass is 9.80. The number of hydrogen-bond acceptors (Lipinski definition) is 16. The number of nitrogens with one attached hydrogen (secondary N) is 2. The number of hydrogen-bond donors (Lipinski definition) is 2. The summed E-state index contributed by atoms with van der Waals surface area (Å²) >= 11 is 0. The van der Waals surface area contributed by atoms with E-state index in [2.05, 4.69) is 93.7 Å². The summed E-state index contributed by atoms with van der Waals surface area (Å²) in [6.07, 6.45) is 3.92. The SMILES string of the molecule is CC(C)(C)c1ccc(Oc2cc3c4c(cc(Oc5ccc(C(C)(C)C)cc5)c5c6c(Oc7ccc(C(C)(C)C)cc7)cc7c8c(cc(Oc9ccc(C(C)(C)C)cc9)c(c2c45)c86)C(=O)N(CC(=O)NC2CCCC(C(=O)OCC4CO4)C2)C7=O)C(=O)N(CC(=O)NC2CCCC(C(=O)OCC4CO4)C2)C3=O)cc1. The van der Waals surface area contributed by atoms with Crippen molar-refractivity contribution in [3.05, 3.63) is 166 Å². The zero-order chi connectivity index (χ0) is 76.2. The van der Waals surface area contributed by atoms with Crippen molar-refractivity contribution in [1.29, 1.82) is 0 Å². The second-order valence-electron chi connectivity index (χ2n) is 34.0. The van der Waals surface area contributed by atoms with Gasteiger partial charge >= 0.3 is 11.9 Å². The van der Waals surface area contributed by atoms with E-state index in [0.717, 1.165) is 32.1 Å². The van der Waals surface area contributed by atoms with Crippen LogP contribution in [0.15, 0.2) is 121 Å². The van der Waals surface area contributed by atoms with Crippen molar-refractivity contribution >= 4 is 90.5 Å². The molecular formula is C88H92N4O16. The van der Waals surface area contributed by atoms with E-state index in [4.69, 9.17) is 37.9 Å². The lowest BCUT2D eigenvalue weighted by Crippen LogP contribution is -2.49. The maximum atomic E-state index is 16.0. The number of amides is 6. The van der Waals surface area contributed by atoms with Gasteiger partial charge in [-0.1, -0.05) is 144 Å². The molecule has 2 N–H and O–H groups in total. The summed E-state index contributed by atoms with van der Waals surface area (Å²) in [4.78, 5) is 122. The van der Waals surface area contributed by atoms with Crippen molar-refractivity contribution in [1.82, 2.24) is 20.4 Å². The van der Waals surface area contributed by atoms with Gasteiger partial charge in [0.05, 0.1) is 47.3 Å². The molecule has 6 unspecified atom stereocenters. The molecule has 2 aliphatic carbocycles. The maximum Gasteiger partial charge on any atom is 0.309 e. The van der Waals surface area contributed by atoms with Crippen LogP contribution < -0.4 is 29.6 Å². The van der Waals surface area contributed by atoms with Crippen molar-refractivity contribution < 1.29 is 76.3 Å². The van der Waals surface area contributed by atoms with Gasteiger partial charge in [-0.2, -0.15) is 0 Å². The number of fused-ring (bicyclic) bond motifs is 2. The summed E-state index contributed by atoms with van der Waals surface area (Å²) in [7, 11) is 0. The molecule has 0 bridgehead atoms. The standard InChI is InChI=1S/C88H92N4O16/c1-85(2,3)49-19-27-55(28-20-49)105-65-37-61-71-62(80(96)91(79(61)95)41-69(93)89-53-17-13-15-47(35-53)83(99)103-45-59-43-101-59)39-67(107-57-31-23-51(24-32-57)87(7,8)9)75-76-68(108-58-33-25-52(26-34-58)88(10,11)12)40-64-72-63(38-66(74(78(72)76)73(65)77(71)75)106-56-29-21-50(22-30-56)86(4,5)6)81(97)92(82(64)98)42-70(94)90-54-18-14-16-48(36-54)84(100)104-46-60-44-102-60/h19-34,37-40,47-48,53-54,59-60H,13-18,35-36,41-46H2,1-12H3,(H,89,93)(H,90,94). The summed E-state index contributed by atoms with van der Waals surface area (Å²) in [6.45, 7) is 25.2. The van der Waals surface area contributed by atoms with Gasteiger partial charge in [0, 0.05) is 55.2 Å². The highest BCUT2D eigenvalue weighted by Crippen LogP contribution is 2.58. The molecule has 2 saturated heterocycles. The number of benzene rings is 9. The molecule has 0 spiro atoms. The third kappa shape index (κ3) is 14.6. The Bertz CT molecular complexity index is 4560. The Balaban J connectivity index is 0.970. The van der Waals surface area contributed by atoms with Gasteiger partial charge in [0.2, 0.25) is 11.8 Å². The van der Waals surface area contributed by atoms with Crippen LogP contribution in [-0.4, -0.2) is 121 Å². The number of rotatable bonds is 20. The van der Waals surface area contributed by atoms with Crippen LogP contribution in [0.1, 0.15) is 198 Å². The molecule has 9 aromatic carbocycles. The molecule has 6 amide bonds. The van der Waals surface area contributed by atoms with Gasteiger partial charge in [-0.05, 0) is 155 Å². The number of ether oxygens (including phenoxy) is 8. The van der Waals surface area contributed by atoms with Crippen LogP contribution >= 0.6 is 0 Å². The first kappa shape index (κ1) is 73.1. The average molecular weight is 1460 g/mol. The molecule has 6 aliphatic rings. The molecule has 6 atom stereocenters. The van der Waals surface area contributed by atoms with E-state index >= 15 is 19.2 Å². The Morgan fingerprint density at radius 2 is 0.639 bits per heavy atom. The van der Waals surface area contributed by atoms with Gasteiger partial charge in [0.25, 0.3) is 23.6 Å². The molecule has 9 aromatic rings. The second-order valence-corrected chi connectivity index (χ2v) is 34.0. The van der Waals surface area contributed by atoms with Gasteiger partial charge in [-0.15, -0.1) is 0 Å². The Labute approximate surface area is 627 Å². The molecule has 2 saturated carbocycles. The third-order valence-corrected chi connectivity index (χ3v) is 21.8. The van der Waals surface area contributed by atoms with Crippen LogP contribution in [0, 0.1) is 11.8 Å². The summed E-state index contributed by atoms with van der Waals surface area (Å²) in [6, 6.07) is 35.7. The van der Waals surface area contributed by atoms with E-state index < -0.39 is 72.5 Å². The fourth-order valence-electron chi connectivity index (χ4n) is 15.6. The van der Waals surface area contributed by atoms with Crippen LogP contribution in [0.5, 0.6) is 46.0 Å². The minimum absolute atomic E-state index is 0.000988. The predicted octanol–water partition coefficient (Wildman–Crippen LogP) is 16.5. The largest absolute Gasteiger partial charge is 0.463 e. The van der Waals surface area contributed by atoms with Crippen LogP contribution in [0.3, 0.4) is 0 Å². The summed E-state index contributed by atoms with van der Waals surface area (Å²) in [5.74, 6) is -4.38. The number of epoxide rings is 2. The number of esters is 2. The Kier molecular flexibility index (Phi) is 18.9. The molecule has 560 valence electrons. The number of nitrogens with zero attached hydrogens (tertiary/aromatic N) is 2. The Hall–Kier alpha value is -10.4. The number of carbonyl (C=O) groups excluding carboxylic acids is 8. The fourth-order valence-corrected chi connectivity index (χ4v) is 15.6. The van der Waals surface area contributed by atoms with Gasteiger partial charge in [-0.25, -0.2) is 0 Å². The van der Waals surface area contributed by atoms with E-state index in [1.807, 2.05) is 97.1 Å². The molecule has 108 heavy (non-hydrogen) atoms. The number of imide groups is 2. The van der Waals surface area contributed by atoms with Crippen molar-refractivity contribution in [2.45, 2.75) is 180 Å². The van der Waals surface area contributed by atoms with Crippen molar-refractivity contribution in [3.63, 3.8) is 0 Å². The third-order valence-electron chi connectivity index (χ3n) is 21.8. The monoisotopic (exact) mass is 1460 g/mol. The van der Waals surface area contributed by atoms with Crippen LogP contribution in [0.4, 0.5) is 0 Å². The van der Waals surface area contributed by atoms with Crippen molar-refractivity contribution in [2.75, 3.05) is 39.5 Å². The van der Waals surface area contributed by atoms with E-state index in [1.165, 1.54) is 0 Å². The molecule has 20 heteroatoms. The van der Waals surface area contributed by atoms with Crippen LogP contribution in [0.2, 0.25) is 0 Å². The maximum absolute atomic E-state index is 16.0. The lowest BCUT2D eigenvalue weighted by molar-refractivity contribution is -0.151. The van der Waals surface area contributed by atoms with Gasteiger partial charge in [0.15, 0.2) is 0 Å². The minimum Gasteiger partial charge on any atom is -0.463 e. The first-order chi connectivity index (χ1) is 51.3. The zero-order valence-electron chi connectivity index (χ0n) is 63.3. The van der Waals surface area contributed by atoms with Gasteiger partial charge in [0.1, 0.15) is 84.5 Å². The van der Waals surface area contributed by atoms with Crippen molar-refractivity contribution in [2.24, 2.45) is 11.8 Å². The number of carbonyl (C=O) groups is 8. The molecule has 15 rings (SSSR count). The average Bonchev–Trinajstić information content (AvgIpc) is 0.957. The molecule has 0 radical (unpaired) electrons. The Morgan fingerprint density at radius 3 is 0.880 bits per heavy atom. The van der Waals surface area contributed by atoms with Crippen LogP contribution in [0.25, 0.3) is 43.1 Å². The predicted molar refractivity (Wildman–Crippen MR) is 408 cm³/mol. The highest BCUT2D eigenvalue weighted by Gasteiger charge is 2.44. The second kappa shape index (κ2) is 28.0. The zero-order valence-corrected chi connectivity index (χ0v) is 63.3.